The molecular weight excluding hydrogens is 364 g/mol. The van der Waals surface area contributed by atoms with E-state index in [0.717, 1.165) is 29.4 Å². The third-order valence-electron chi connectivity index (χ3n) is 3.77. The highest BCUT2D eigenvalue weighted by Gasteiger charge is 2.09. The molecule has 0 unspecified atom stereocenters. The number of aryl methyl sites for hydroxylation is 2. The molecule has 0 heterocycles. The number of hydrogen-bond acceptors (Lipinski definition) is 6. The number of nitrogens with zero attached hydrogens (tertiary/aromatic N) is 2. The molecule has 0 aliphatic heterocycles. The number of hydrogen-bond donors (Lipinski definition) is 2. The molecular formula is C19H20N4O5. The third kappa shape index (κ3) is 5.90. The van der Waals surface area contributed by atoms with Crippen LogP contribution in [0.15, 0.2) is 47.6 Å². The summed E-state index contributed by atoms with van der Waals surface area (Å²) < 4.78 is 0. The van der Waals surface area contributed by atoms with Crippen LogP contribution >= 0.6 is 0 Å². The van der Waals surface area contributed by atoms with Crippen LogP contribution in [0.2, 0.25) is 0 Å². The summed E-state index contributed by atoms with van der Waals surface area (Å²) in [6.07, 6.45) is 1.62. The van der Waals surface area contributed by atoms with Crippen molar-refractivity contribution in [2.24, 2.45) is 5.16 Å². The lowest BCUT2D eigenvalue weighted by Gasteiger charge is -2.12. The van der Waals surface area contributed by atoms with Crippen molar-refractivity contribution in [1.82, 2.24) is 0 Å². The second kappa shape index (κ2) is 9.81. The van der Waals surface area contributed by atoms with Crippen LogP contribution in [0.25, 0.3) is 0 Å². The van der Waals surface area contributed by atoms with Gasteiger partial charge in [-0.3, -0.25) is 19.7 Å². The zero-order valence-corrected chi connectivity index (χ0v) is 15.5. The van der Waals surface area contributed by atoms with E-state index in [2.05, 4.69) is 15.8 Å². The second-order valence-corrected chi connectivity index (χ2v) is 5.82. The van der Waals surface area contributed by atoms with E-state index in [9.17, 15) is 19.7 Å². The first-order valence-electron chi connectivity index (χ1n) is 8.49. The number of nitro groups is 1. The summed E-state index contributed by atoms with van der Waals surface area (Å²) in [5.74, 6) is -1.05. The Kier molecular flexibility index (Phi) is 7.21. The number of oxime groups is 1. The SMILES string of the molecule is CCc1cccc(C)c1NC(=O)CO/N=C\C(=O)Nc1cccc([N+](=O)[O-])c1. The molecule has 0 bridgehead atoms. The lowest BCUT2D eigenvalue weighted by molar-refractivity contribution is -0.384. The minimum Gasteiger partial charge on any atom is -0.385 e. The summed E-state index contributed by atoms with van der Waals surface area (Å²) in [5, 5.41) is 19.3. The van der Waals surface area contributed by atoms with Crippen LogP contribution in [0.4, 0.5) is 17.1 Å². The topological polar surface area (TPSA) is 123 Å². The lowest BCUT2D eigenvalue weighted by Crippen LogP contribution is -2.19. The van der Waals surface area contributed by atoms with Gasteiger partial charge in [0.2, 0.25) is 0 Å². The molecule has 0 aliphatic rings. The minimum atomic E-state index is -0.645. The van der Waals surface area contributed by atoms with Gasteiger partial charge in [-0.05, 0) is 30.5 Å². The number of nitrogens with one attached hydrogen (secondary N) is 2. The molecule has 0 aliphatic carbocycles. The Hall–Kier alpha value is -3.75. The lowest BCUT2D eigenvalue weighted by atomic mass is 10.1. The molecule has 0 saturated heterocycles. The summed E-state index contributed by atoms with van der Waals surface area (Å²) in [4.78, 5) is 38.7. The first-order chi connectivity index (χ1) is 13.4. The van der Waals surface area contributed by atoms with Crippen LogP contribution in [0.1, 0.15) is 18.1 Å². The molecule has 0 saturated carbocycles. The molecule has 2 aromatic carbocycles. The van der Waals surface area contributed by atoms with E-state index in [1.54, 1.807) is 0 Å². The molecule has 2 amide bonds. The Balaban J connectivity index is 1.83. The van der Waals surface area contributed by atoms with Gasteiger partial charge in [0.1, 0.15) is 6.21 Å². The number of nitro benzene ring substituents is 1. The van der Waals surface area contributed by atoms with E-state index < -0.39 is 16.7 Å². The molecule has 146 valence electrons. The van der Waals surface area contributed by atoms with E-state index in [1.165, 1.54) is 24.3 Å². The number of benzene rings is 2. The number of amides is 2. The molecule has 0 radical (unpaired) electrons. The van der Waals surface area contributed by atoms with Crippen molar-refractivity contribution in [2.75, 3.05) is 17.2 Å². The van der Waals surface area contributed by atoms with Gasteiger partial charge in [-0.15, -0.1) is 0 Å². The van der Waals surface area contributed by atoms with Gasteiger partial charge in [-0.2, -0.15) is 0 Å². The summed E-state index contributed by atoms with van der Waals surface area (Å²) in [7, 11) is 0. The van der Waals surface area contributed by atoms with Gasteiger partial charge < -0.3 is 15.5 Å². The zero-order chi connectivity index (χ0) is 20.5. The smallest absolute Gasteiger partial charge is 0.271 e. The monoisotopic (exact) mass is 384 g/mol. The first-order valence-corrected chi connectivity index (χ1v) is 8.49. The van der Waals surface area contributed by atoms with Crippen LogP contribution in [0.5, 0.6) is 0 Å². The normalized spacial score (nSPS) is 10.5. The highest BCUT2D eigenvalue weighted by Crippen LogP contribution is 2.21. The average molecular weight is 384 g/mol. The average Bonchev–Trinajstić information content (AvgIpc) is 2.67. The molecule has 9 heteroatoms. The molecule has 0 aromatic heterocycles. The molecule has 2 aromatic rings. The van der Waals surface area contributed by atoms with Crippen molar-refractivity contribution >= 4 is 35.1 Å². The number of carbonyl (C=O) groups excluding carboxylic acids is 2. The largest absolute Gasteiger partial charge is 0.385 e. The van der Waals surface area contributed by atoms with Crippen molar-refractivity contribution in [3.63, 3.8) is 0 Å². The number of anilines is 2. The van der Waals surface area contributed by atoms with Gasteiger partial charge in [-0.1, -0.05) is 36.3 Å². The van der Waals surface area contributed by atoms with E-state index in [-0.39, 0.29) is 18.0 Å². The van der Waals surface area contributed by atoms with Crippen LogP contribution in [0.3, 0.4) is 0 Å². The first kappa shape index (κ1) is 20.6. The van der Waals surface area contributed by atoms with Crippen LogP contribution < -0.4 is 10.6 Å². The summed E-state index contributed by atoms with van der Waals surface area (Å²) >= 11 is 0. The maximum absolute atomic E-state index is 12.0. The Labute approximate surface area is 161 Å². The molecule has 0 fully saturated rings. The van der Waals surface area contributed by atoms with E-state index in [0.29, 0.717) is 0 Å². The van der Waals surface area contributed by atoms with Gasteiger partial charge in [0.15, 0.2) is 6.61 Å². The van der Waals surface area contributed by atoms with Crippen molar-refractivity contribution < 1.29 is 19.3 Å². The minimum absolute atomic E-state index is 0.148. The molecule has 28 heavy (non-hydrogen) atoms. The van der Waals surface area contributed by atoms with Gasteiger partial charge in [0, 0.05) is 23.5 Å². The van der Waals surface area contributed by atoms with Crippen LogP contribution in [-0.4, -0.2) is 29.6 Å². The number of para-hydroxylation sites is 1. The predicted octanol–water partition coefficient (Wildman–Crippen LogP) is 3.05. The number of rotatable bonds is 8. The predicted molar refractivity (Wildman–Crippen MR) is 105 cm³/mol. The molecule has 0 spiro atoms. The summed E-state index contributed by atoms with van der Waals surface area (Å²) in [6.45, 7) is 3.52. The Morgan fingerprint density at radius 3 is 2.68 bits per heavy atom. The van der Waals surface area contributed by atoms with Gasteiger partial charge >= 0.3 is 0 Å². The van der Waals surface area contributed by atoms with Gasteiger partial charge in [0.25, 0.3) is 17.5 Å². The Morgan fingerprint density at radius 2 is 1.96 bits per heavy atom. The maximum atomic E-state index is 12.0. The number of non-ortho nitro benzene ring substituents is 1. The summed E-state index contributed by atoms with van der Waals surface area (Å²) in [5.41, 5.74) is 2.78. The van der Waals surface area contributed by atoms with Gasteiger partial charge in [0.05, 0.1) is 4.92 Å². The molecule has 0 atom stereocenters. The van der Waals surface area contributed by atoms with E-state index in [4.69, 9.17) is 4.84 Å². The van der Waals surface area contributed by atoms with Crippen molar-refractivity contribution in [3.05, 3.63) is 63.7 Å². The fourth-order valence-corrected chi connectivity index (χ4v) is 2.43. The third-order valence-corrected chi connectivity index (χ3v) is 3.77. The van der Waals surface area contributed by atoms with Crippen LogP contribution in [-0.2, 0) is 20.8 Å². The highest BCUT2D eigenvalue weighted by molar-refractivity contribution is 6.31. The summed E-state index contributed by atoms with van der Waals surface area (Å²) in [6, 6.07) is 11.2. The Morgan fingerprint density at radius 1 is 1.21 bits per heavy atom. The zero-order valence-electron chi connectivity index (χ0n) is 15.5. The molecule has 2 N–H and O–H groups in total. The highest BCUT2D eigenvalue weighted by atomic mass is 16.6. The van der Waals surface area contributed by atoms with Crippen molar-refractivity contribution in [3.8, 4) is 0 Å². The van der Waals surface area contributed by atoms with Crippen LogP contribution in [0, 0.1) is 17.0 Å². The second-order valence-electron chi connectivity index (χ2n) is 5.82. The van der Waals surface area contributed by atoms with Crippen molar-refractivity contribution in [2.45, 2.75) is 20.3 Å². The van der Waals surface area contributed by atoms with Gasteiger partial charge in [-0.25, -0.2) is 0 Å². The number of carbonyl (C=O) groups is 2. The maximum Gasteiger partial charge on any atom is 0.271 e. The van der Waals surface area contributed by atoms with E-state index >= 15 is 0 Å². The standard InChI is InChI=1S/C19H20N4O5/c1-3-14-7-4-6-13(2)19(14)22-18(25)12-28-20-11-17(24)21-15-8-5-9-16(10-15)23(26)27/h4-11H,3,12H2,1-2H3,(H,21,24)(H,22,25)/b20-11-. The van der Waals surface area contributed by atoms with Crippen molar-refractivity contribution in [1.29, 1.82) is 0 Å². The Bertz CT molecular complexity index is 911. The van der Waals surface area contributed by atoms with E-state index in [1.807, 2.05) is 32.0 Å². The molecule has 2 rings (SSSR count). The fourth-order valence-electron chi connectivity index (χ4n) is 2.43. The quantitative estimate of drug-likeness (QED) is 0.411. The molecule has 9 nitrogen and oxygen atoms in total. The fraction of sp³-hybridized carbons (Fsp3) is 0.211.